The topological polar surface area (TPSA) is 17.1 Å². The maximum atomic E-state index is 11.2. The fourth-order valence-corrected chi connectivity index (χ4v) is 4.07. The smallest absolute Gasteiger partial charge is 0.123 e. The minimum absolute atomic E-state index is 0.341. The molecule has 162 valence electrons. The van der Waals surface area contributed by atoms with Gasteiger partial charge in [-0.25, -0.2) is 0 Å². The van der Waals surface area contributed by atoms with Crippen LogP contribution in [0.4, 0.5) is 0 Å². The number of hydrogen-bond acceptors (Lipinski definition) is 1. The van der Waals surface area contributed by atoms with Gasteiger partial charge < -0.3 is 4.79 Å². The Morgan fingerprint density at radius 3 is 1.00 bits per heavy atom. The SMILES string of the molecule is CCCCCCCCCCCCCCCCCCC(C=O)CCCCCC. The molecule has 0 amide bonds. The Morgan fingerprint density at radius 2 is 0.704 bits per heavy atom. The first-order valence-corrected chi connectivity index (χ1v) is 12.8. The molecule has 0 aromatic rings. The molecule has 1 heteroatoms. The van der Waals surface area contributed by atoms with Crippen molar-refractivity contribution in [2.75, 3.05) is 0 Å². The Labute approximate surface area is 172 Å². The van der Waals surface area contributed by atoms with E-state index in [4.69, 9.17) is 0 Å². The predicted molar refractivity (Wildman–Crippen MR) is 122 cm³/mol. The average Bonchev–Trinajstić information content (AvgIpc) is 2.69. The lowest BCUT2D eigenvalue weighted by Gasteiger charge is -2.09. The molecule has 0 radical (unpaired) electrons. The van der Waals surface area contributed by atoms with Crippen LogP contribution in [-0.2, 0) is 4.79 Å². The van der Waals surface area contributed by atoms with E-state index in [1.54, 1.807) is 0 Å². The van der Waals surface area contributed by atoms with Crippen molar-refractivity contribution >= 4 is 6.29 Å². The Morgan fingerprint density at radius 1 is 0.444 bits per heavy atom. The fraction of sp³-hybridized carbons (Fsp3) is 0.962. The summed E-state index contributed by atoms with van der Waals surface area (Å²) in [6.45, 7) is 4.53. The Hall–Kier alpha value is -0.330. The van der Waals surface area contributed by atoms with Crippen molar-refractivity contribution in [2.24, 2.45) is 5.92 Å². The molecule has 0 fully saturated rings. The number of carbonyl (C=O) groups excluding carboxylic acids is 1. The molecule has 0 aliphatic rings. The summed E-state index contributed by atoms with van der Waals surface area (Å²) in [5.74, 6) is 0.341. The van der Waals surface area contributed by atoms with Gasteiger partial charge in [0.2, 0.25) is 0 Å². The molecule has 0 aliphatic heterocycles. The van der Waals surface area contributed by atoms with E-state index in [9.17, 15) is 4.79 Å². The standard InChI is InChI=1S/C26H52O/c1-3-5-7-9-10-11-12-13-14-15-16-17-18-19-20-22-24-26(25-27)23-21-8-6-4-2/h25-26H,3-24H2,1-2H3. The Bertz CT molecular complexity index is 273. The zero-order chi connectivity index (χ0) is 19.8. The van der Waals surface area contributed by atoms with Crippen LogP contribution in [0.15, 0.2) is 0 Å². The first kappa shape index (κ1) is 26.7. The highest BCUT2D eigenvalue weighted by Gasteiger charge is 2.06. The third-order valence-electron chi connectivity index (χ3n) is 6.05. The molecule has 0 aromatic carbocycles. The first-order valence-electron chi connectivity index (χ1n) is 12.8. The molecule has 0 aliphatic carbocycles. The van der Waals surface area contributed by atoms with Crippen LogP contribution < -0.4 is 0 Å². The average molecular weight is 381 g/mol. The normalized spacial score (nSPS) is 12.4. The molecule has 0 saturated heterocycles. The molecule has 0 rings (SSSR count). The maximum Gasteiger partial charge on any atom is 0.123 e. The zero-order valence-electron chi connectivity index (χ0n) is 19.1. The van der Waals surface area contributed by atoms with E-state index in [2.05, 4.69) is 13.8 Å². The van der Waals surface area contributed by atoms with Crippen LogP contribution >= 0.6 is 0 Å². The first-order chi connectivity index (χ1) is 13.3. The van der Waals surface area contributed by atoms with Gasteiger partial charge in [0, 0.05) is 5.92 Å². The van der Waals surface area contributed by atoms with Gasteiger partial charge in [-0.2, -0.15) is 0 Å². The summed E-state index contributed by atoms with van der Waals surface area (Å²) in [5.41, 5.74) is 0. The van der Waals surface area contributed by atoms with E-state index < -0.39 is 0 Å². The van der Waals surface area contributed by atoms with E-state index in [0.29, 0.717) is 5.92 Å². The number of aldehydes is 1. The molecule has 0 bridgehead atoms. The number of unbranched alkanes of at least 4 members (excludes halogenated alkanes) is 18. The van der Waals surface area contributed by atoms with E-state index >= 15 is 0 Å². The summed E-state index contributed by atoms with van der Waals surface area (Å²) in [5, 5.41) is 0. The van der Waals surface area contributed by atoms with Gasteiger partial charge in [0.25, 0.3) is 0 Å². The molecule has 0 N–H and O–H groups in total. The maximum absolute atomic E-state index is 11.2. The molecule has 1 unspecified atom stereocenters. The summed E-state index contributed by atoms with van der Waals surface area (Å²) in [6, 6.07) is 0. The highest BCUT2D eigenvalue weighted by molar-refractivity contribution is 5.53. The van der Waals surface area contributed by atoms with Gasteiger partial charge in [0.1, 0.15) is 6.29 Å². The molecule has 0 spiro atoms. The van der Waals surface area contributed by atoms with Gasteiger partial charge in [0.15, 0.2) is 0 Å². The van der Waals surface area contributed by atoms with Gasteiger partial charge in [0.05, 0.1) is 0 Å². The van der Waals surface area contributed by atoms with Crippen molar-refractivity contribution in [3.05, 3.63) is 0 Å². The molecule has 27 heavy (non-hydrogen) atoms. The van der Waals surface area contributed by atoms with Crippen LogP contribution in [0.3, 0.4) is 0 Å². The lowest BCUT2D eigenvalue weighted by molar-refractivity contribution is -0.111. The number of carbonyl (C=O) groups is 1. The fourth-order valence-electron chi connectivity index (χ4n) is 4.07. The molecule has 1 nitrogen and oxygen atoms in total. The van der Waals surface area contributed by atoms with Gasteiger partial charge in [-0.15, -0.1) is 0 Å². The highest BCUT2D eigenvalue weighted by Crippen LogP contribution is 2.18. The summed E-state index contributed by atoms with van der Waals surface area (Å²) >= 11 is 0. The van der Waals surface area contributed by atoms with E-state index in [0.717, 1.165) is 12.8 Å². The zero-order valence-corrected chi connectivity index (χ0v) is 19.1. The Balaban J connectivity index is 3.18. The highest BCUT2D eigenvalue weighted by atomic mass is 16.1. The van der Waals surface area contributed by atoms with Gasteiger partial charge in [-0.05, 0) is 12.8 Å². The van der Waals surface area contributed by atoms with Crippen LogP contribution in [0.5, 0.6) is 0 Å². The van der Waals surface area contributed by atoms with E-state index in [-0.39, 0.29) is 0 Å². The van der Waals surface area contributed by atoms with Gasteiger partial charge >= 0.3 is 0 Å². The largest absolute Gasteiger partial charge is 0.303 e. The van der Waals surface area contributed by atoms with Crippen LogP contribution in [0, 0.1) is 5.92 Å². The monoisotopic (exact) mass is 380 g/mol. The van der Waals surface area contributed by atoms with Crippen molar-refractivity contribution in [3.63, 3.8) is 0 Å². The molecule has 0 aromatic heterocycles. The summed E-state index contributed by atoms with van der Waals surface area (Å²) in [7, 11) is 0. The van der Waals surface area contributed by atoms with Gasteiger partial charge in [-0.3, -0.25) is 0 Å². The van der Waals surface area contributed by atoms with Crippen LogP contribution in [-0.4, -0.2) is 6.29 Å². The second-order valence-electron chi connectivity index (χ2n) is 8.84. The van der Waals surface area contributed by atoms with Crippen LogP contribution in [0.25, 0.3) is 0 Å². The lowest BCUT2D eigenvalue weighted by Crippen LogP contribution is -2.02. The molecular weight excluding hydrogens is 328 g/mol. The van der Waals surface area contributed by atoms with Crippen molar-refractivity contribution in [1.29, 1.82) is 0 Å². The predicted octanol–water partition coefficient (Wildman–Crippen LogP) is 9.42. The molecular formula is C26H52O. The van der Waals surface area contributed by atoms with Crippen LogP contribution in [0.2, 0.25) is 0 Å². The third kappa shape index (κ3) is 21.8. The van der Waals surface area contributed by atoms with Crippen molar-refractivity contribution < 1.29 is 4.79 Å². The summed E-state index contributed by atoms with van der Waals surface area (Å²) in [4.78, 5) is 11.2. The Kier molecular flexibility index (Phi) is 23.4. The van der Waals surface area contributed by atoms with E-state index in [1.807, 2.05) is 0 Å². The summed E-state index contributed by atoms with van der Waals surface area (Å²) in [6.07, 6.45) is 31.3. The molecule has 0 heterocycles. The second kappa shape index (κ2) is 23.7. The van der Waals surface area contributed by atoms with Crippen molar-refractivity contribution in [3.8, 4) is 0 Å². The third-order valence-corrected chi connectivity index (χ3v) is 6.05. The number of rotatable bonds is 23. The number of hydrogen-bond donors (Lipinski definition) is 0. The summed E-state index contributed by atoms with van der Waals surface area (Å²) < 4.78 is 0. The molecule has 0 saturated carbocycles. The quantitative estimate of drug-likeness (QED) is 0.127. The minimum atomic E-state index is 0.341. The molecule has 1 atom stereocenters. The second-order valence-corrected chi connectivity index (χ2v) is 8.84. The minimum Gasteiger partial charge on any atom is -0.303 e. The van der Waals surface area contributed by atoms with E-state index in [1.165, 1.54) is 135 Å². The lowest BCUT2D eigenvalue weighted by atomic mass is 9.95. The van der Waals surface area contributed by atoms with Crippen molar-refractivity contribution in [2.45, 2.75) is 155 Å². The van der Waals surface area contributed by atoms with Gasteiger partial charge in [-0.1, -0.05) is 142 Å². The van der Waals surface area contributed by atoms with Crippen molar-refractivity contribution in [1.82, 2.24) is 0 Å². The van der Waals surface area contributed by atoms with Crippen LogP contribution in [0.1, 0.15) is 155 Å².